The molecule has 0 aliphatic carbocycles. The molecule has 0 saturated carbocycles. The summed E-state index contributed by atoms with van der Waals surface area (Å²) in [6.45, 7) is 2.14. The van der Waals surface area contributed by atoms with Gasteiger partial charge in [0.25, 0.3) is 0 Å². The Morgan fingerprint density at radius 1 is 1.02 bits per heavy atom. The Bertz CT molecular complexity index is 1320. The maximum Gasteiger partial charge on any atom is 0.317 e. The molecule has 3 aromatic carbocycles. The number of aryl methyl sites for hydroxylation is 1. The van der Waals surface area contributed by atoms with Crippen LogP contribution in [0.5, 0.6) is 0 Å². The highest BCUT2D eigenvalue weighted by Gasteiger charge is 2.40. The maximum atomic E-state index is 14.1. The van der Waals surface area contributed by atoms with Crippen LogP contribution < -0.4 is 16.4 Å². The molecule has 2 amide bonds. The quantitative estimate of drug-likeness (QED) is 0.186. The van der Waals surface area contributed by atoms with E-state index >= 15 is 0 Å². The van der Waals surface area contributed by atoms with Gasteiger partial charge in [-0.05, 0) is 42.0 Å². The number of rotatable bonds is 11. The lowest BCUT2D eigenvalue weighted by Crippen LogP contribution is -2.55. The summed E-state index contributed by atoms with van der Waals surface area (Å²) in [5, 5.41) is 23.0. The zero-order chi connectivity index (χ0) is 28.6. The van der Waals surface area contributed by atoms with Crippen molar-refractivity contribution in [3.8, 4) is 0 Å². The van der Waals surface area contributed by atoms with Gasteiger partial charge < -0.3 is 21.1 Å². The van der Waals surface area contributed by atoms with Gasteiger partial charge in [-0.1, -0.05) is 78.9 Å². The molecule has 0 bridgehead atoms. The molecule has 40 heavy (non-hydrogen) atoms. The first-order valence-corrected chi connectivity index (χ1v) is 13.3. The Morgan fingerprint density at radius 3 is 2.20 bits per heavy atom. The van der Waals surface area contributed by atoms with Crippen molar-refractivity contribution in [1.29, 1.82) is 5.41 Å². The number of amides is 2. The Labute approximate surface area is 233 Å². The van der Waals surface area contributed by atoms with Gasteiger partial charge in [-0.15, -0.1) is 0 Å². The number of amidine groups is 1. The largest absolute Gasteiger partial charge is 0.480 e. The molecule has 208 valence electrons. The molecule has 4 rings (SSSR count). The van der Waals surface area contributed by atoms with Gasteiger partial charge in [0.15, 0.2) is 0 Å². The number of hydrogen-bond acceptors (Lipinski definition) is 5. The van der Waals surface area contributed by atoms with E-state index in [1.165, 1.54) is 0 Å². The fraction of sp³-hybridized carbons (Fsp3) is 0.290. The number of carboxylic acid groups (broad SMARTS) is 1. The minimum Gasteiger partial charge on any atom is -0.480 e. The molecule has 3 aromatic rings. The van der Waals surface area contributed by atoms with Crippen molar-refractivity contribution in [2.24, 2.45) is 5.73 Å². The van der Waals surface area contributed by atoms with E-state index in [-0.39, 0.29) is 24.2 Å². The number of likely N-dealkylation sites (tertiary alicyclic amines) is 1. The predicted molar refractivity (Wildman–Crippen MR) is 153 cm³/mol. The van der Waals surface area contributed by atoms with Gasteiger partial charge in [-0.3, -0.25) is 25.1 Å². The van der Waals surface area contributed by atoms with Crippen LogP contribution in [-0.4, -0.2) is 58.8 Å². The summed E-state index contributed by atoms with van der Waals surface area (Å²) in [5.41, 5.74) is 9.70. The lowest BCUT2D eigenvalue weighted by molar-refractivity contribution is -0.141. The zero-order valence-electron chi connectivity index (χ0n) is 22.5. The highest BCUT2D eigenvalue weighted by Crippen LogP contribution is 2.31. The third kappa shape index (κ3) is 6.73. The number of nitrogen functional groups attached to an aromatic ring is 1. The van der Waals surface area contributed by atoms with Crippen molar-refractivity contribution in [3.05, 3.63) is 107 Å². The number of carbonyl (C=O) groups is 3. The molecule has 1 fully saturated rings. The first kappa shape index (κ1) is 28.5. The summed E-state index contributed by atoms with van der Waals surface area (Å²) in [6.07, 6.45) is 1.19. The Hall–Kier alpha value is -4.50. The monoisotopic (exact) mass is 541 g/mol. The standard InChI is InChI=1S/C31H35N5O4/c1-20-17-21(14-15-24(20)29(32)33)18-35-30(39)25-13-8-16-36(25)31(40)28(34-19-26(37)38)27(22-9-4-2-5-10-22)23-11-6-3-7-12-23/h2-7,9-12,14-15,17,25,27-28,34H,8,13,16,18-19H2,1H3,(H3,32,33)(H,35,39)(H,37,38)/t25-,28+/m0/s1. The summed E-state index contributed by atoms with van der Waals surface area (Å²) in [5.74, 6) is -2.10. The molecule has 1 heterocycles. The van der Waals surface area contributed by atoms with E-state index in [4.69, 9.17) is 11.1 Å². The highest BCUT2D eigenvalue weighted by atomic mass is 16.4. The van der Waals surface area contributed by atoms with Gasteiger partial charge in [-0.2, -0.15) is 0 Å². The van der Waals surface area contributed by atoms with Crippen LogP contribution in [0.3, 0.4) is 0 Å². The van der Waals surface area contributed by atoms with Gasteiger partial charge >= 0.3 is 5.97 Å². The minimum absolute atomic E-state index is 0.0106. The second kappa shape index (κ2) is 13.0. The molecule has 1 aliphatic rings. The first-order valence-electron chi connectivity index (χ1n) is 13.3. The Kier molecular flexibility index (Phi) is 9.29. The van der Waals surface area contributed by atoms with E-state index in [1.807, 2.05) is 79.7 Å². The van der Waals surface area contributed by atoms with Crippen LogP contribution in [0.2, 0.25) is 0 Å². The molecule has 2 atom stereocenters. The molecular formula is C31H35N5O4. The fourth-order valence-corrected chi connectivity index (χ4v) is 5.37. The number of aliphatic carboxylic acids is 1. The predicted octanol–water partition coefficient (Wildman–Crippen LogP) is 2.76. The highest BCUT2D eigenvalue weighted by molar-refractivity contribution is 5.96. The molecule has 6 N–H and O–H groups in total. The molecule has 0 radical (unpaired) electrons. The molecule has 0 aromatic heterocycles. The average Bonchev–Trinajstić information content (AvgIpc) is 3.44. The van der Waals surface area contributed by atoms with Crippen LogP contribution in [0.1, 0.15) is 46.6 Å². The molecule has 0 unspecified atom stereocenters. The summed E-state index contributed by atoms with van der Waals surface area (Å²) < 4.78 is 0. The number of hydrogen-bond donors (Lipinski definition) is 5. The fourth-order valence-electron chi connectivity index (χ4n) is 5.37. The topological polar surface area (TPSA) is 149 Å². The number of benzene rings is 3. The van der Waals surface area contributed by atoms with Gasteiger partial charge in [0, 0.05) is 24.6 Å². The van der Waals surface area contributed by atoms with Crippen LogP contribution in [0.4, 0.5) is 0 Å². The molecular weight excluding hydrogens is 506 g/mol. The van der Waals surface area contributed by atoms with E-state index in [0.717, 1.165) is 22.3 Å². The number of nitrogens with one attached hydrogen (secondary N) is 3. The van der Waals surface area contributed by atoms with E-state index in [1.54, 1.807) is 11.0 Å². The average molecular weight is 542 g/mol. The third-order valence-corrected chi connectivity index (χ3v) is 7.28. The Morgan fingerprint density at radius 2 is 1.65 bits per heavy atom. The number of carbonyl (C=O) groups excluding carboxylic acids is 2. The van der Waals surface area contributed by atoms with Crippen molar-refractivity contribution >= 4 is 23.6 Å². The van der Waals surface area contributed by atoms with E-state index < -0.39 is 30.5 Å². The SMILES string of the molecule is Cc1cc(CNC(=O)[C@@H]2CCCN2C(=O)[C@H](NCC(=O)O)C(c2ccccc2)c2ccccc2)ccc1C(=N)N. The lowest BCUT2D eigenvalue weighted by atomic mass is 9.84. The van der Waals surface area contributed by atoms with E-state index in [0.29, 0.717) is 24.9 Å². The van der Waals surface area contributed by atoms with Gasteiger partial charge in [0.05, 0.1) is 12.6 Å². The van der Waals surface area contributed by atoms with Crippen LogP contribution >= 0.6 is 0 Å². The van der Waals surface area contributed by atoms with Gasteiger partial charge in [-0.25, -0.2) is 0 Å². The summed E-state index contributed by atoms with van der Waals surface area (Å²) >= 11 is 0. The van der Waals surface area contributed by atoms with Crippen LogP contribution in [0.15, 0.2) is 78.9 Å². The molecule has 9 heteroatoms. The van der Waals surface area contributed by atoms with Crippen LogP contribution in [0.25, 0.3) is 0 Å². The maximum absolute atomic E-state index is 14.1. The van der Waals surface area contributed by atoms with Crippen molar-refractivity contribution in [2.45, 2.75) is 44.3 Å². The first-order chi connectivity index (χ1) is 19.3. The van der Waals surface area contributed by atoms with Crippen molar-refractivity contribution in [3.63, 3.8) is 0 Å². The number of carboxylic acids is 1. The molecule has 1 aliphatic heterocycles. The molecule has 9 nitrogen and oxygen atoms in total. The van der Waals surface area contributed by atoms with Crippen molar-refractivity contribution in [1.82, 2.24) is 15.5 Å². The van der Waals surface area contributed by atoms with Crippen LogP contribution in [-0.2, 0) is 20.9 Å². The summed E-state index contributed by atoms with van der Waals surface area (Å²) in [7, 11) is 0. The number of nitrogens with zero attached hydrogens (tertiary/aromatic N) is 1. The van der Waals surface area contributed by atoms with Crippen molar-refractivity contribution in [2.75, 3.05) is 13.1 Å². The van der Waals surface area contributed by atoms with E-state index in [9.17, 15) is 19.5 Å². The summed E-state index contributed by atoms with van der Waals surface area (Å²) in [6, 6.07) is 22.9. The van der Waals surface area contributed by atoms with E-state index in [2.05, 4.69) is 10.6 Å². The molecule has 1 saturated heterocycles. The third-order valence-electron chi connectivity index (χ3n) is 7.28. The Balaban J connectivity index is 1.57. The molecule has 0 spiro atoms. The van der Waals surface area contributed by atoms with Crippen LogP contribution in [0, 0.1) is 12.3 Å². The second-order valence-electron chi connectivity index (χ2n) is 10.0. The minimum atomic E-state index is -1.07. The second-order valence-corrected chi connectivity index (χ2v) is 10.0. The van der Waals surface area contributed by atoms with Gasteiger partial charge in [0.1, 0.15) is 11.9 Å². The lowest BCUT2D eigenvalue weighted by Gasteiger charge is -2.33. The van der Waals surface area contributed by atoms with Gasteiger partial charge in [0.2, 0.25) is 11.8 Å². The van der Waals surface area contributed by atoms with Crippen molar-refractivity contribution < 1.29 is 19.5 Å². The normalized spacial score (nSPS) is 15.6. The summed E-state index contributed by atoms with van der Waals surface area (Å²) in [4.78, 5) is 40.6. The zero-order valence-corrected chi connectivity index (χ0v) is 22.5. The smallest absolute Gasteiger partial charge is 0.317 e. The number of nitrogens with two attached hydrogens (primary N) is 1.